The highest BCUT2D eigenvalue weighted by molar-refractivity contribution is 7.91. The quantitative estimate of drug-likeness (QED) is 0.653. The van der Waals surface area contributed by atoms with Gasteiger partial charge in [0.05, 0.1) is 31.3 Å². The van der Waals surface area contributed by atoms with Gasteiger partial charge in [0, 0.05) is 20.2 Å². The summed E-state index contributed by atoms with van der Waals surface area (Å²) in [5.41, 5.74) is 0. The van der Waals surface area contributed by atoms with E-state index < -0.39 is 16.0 Å². The fourth-order valence-electron chi connectivity index (χ4n) is 1.45. The number of aryl methyl sites for hydroxylation is 1. The first kappa shape index (κ1) is 17.0. The van der Waals surface area contributed by atoms with Crippen molar-refractivity contribution in [2.75, 3.05) is 33.9 Å². The summed E-state index contributed by atoms with van der Waals surface area (Å²) in [6, 6.07) is 0. The Morgan fingerprint density at radius 3 is 2.60 bits per heavy atom. The Morgan fingerprint density at radius 2 is 2.10 bits per heavy atom. The third-order valence-electron chi connectivity index (χ3n) is 2.53. The standard InChI is InChI=1S/C11H18N2O5S2/c1-9-12-8-11(19-9)20(15,16)13(6-7-17-2)5-4-10(14)18-3/h8H,4-7H2,1-3H3. The number of hydrogen-bond acceptors (Lipinski definition) is 7. The molecule has 0 aliphatic carbocycles. The molecule has 0 fully saturated rings. The number of esters is 1. The Kier molecular flexibility index (Phi) is 6.53. The summed E-state index contributed by atoms with van der Waals surface area (Å²) in [6.07, 6.45) is 1.32. The van der Waals surface area contributed by atoms with Crippen LogP contribution in [-0.4, -0.2) is 57.6 Å². The first-order valence-corrected chi connectivity index (χ1v) is 8.15. The summed E-state index contributed by atoms with van der Waals surface area (Å²) < 4.78 is 35.7. The molecule has 9 heteroatoms. The average Bonchev–Trinajstić information content (AvgIpc) is 2.85. The molecule has 0 N–H and O–H groups in total. The van der Waals surface area contributed by atoms with Crippen LogP contribution in [-0.2, 0) is 24.3 Å². The molecule has 114 valence electrons. The highest BCUT2D eigenvalue weighted by atomic mass is 32.2. The third-order valence-corrected chi connectivity index (χ3v) is 5.78. The van der Waals surface area contributed by atoms with Crippen molar-refractivity contribution in [3.05, 3.63) is 11.2 Å². The normalized spacial score (nSPS) is 11.8. The van der Waals surface area contributed by atoms with Crippen LogP contribution in [0.5, 0.6) is 0 Å². The number of hydrogen-bond donors (Lipinski definition) is 0. The van der Waals surface area contributed by atoms with Crippen LogP contribution in [0.1, 0.15) is 11.4 Å². The van der Waals surface area contributed by atoms with E-state index in [4.69, 9.17) is 4.74 Å². The first-order chi connectivity index (χ1) is 9.41. The molecule has 0 saturated carbocycles. The van der Waals surface area contributed by atoms with E-state index >= 15 is 0 Å². The number of sulfonamides is 1. The summed E-state index contributed by atoms with van der Waals surface area (Å²) in [6.45, 7) is 2.21. The zero-order valence-corrected chi connectivity index (χ0v) is 13.3. The van der Waals surface area contributed by atoms with Gasteiger partial charge in [-0.3, -0.25) is 4.79 Å². The van der Waals surface area contributed by atoms with Crippen molar-refractivity contribution in [3.63, 3.8) is 0 Å². The lowest BCUT2D eigenvalue weighted by Gasteiger charge is -2.20. The SMILES string of the molecule is COCCN(CCC(=O)OC)S(=O)(=O)c1cnc(C)s1. The van der Waals surface area contributed by atoms with Gasteiger partial charge in [-0.15, -0.1) is 11.3 Å². The highest BCUT2D eigenvalue weighted by Gasteiger charge is 2.26. The van der Waals surface area contributed by atoms with Crippen molar-refractivity contribution in [1.29, 1.82) is 0 Å². The van der Waals surface area contributed by atoms with Gasteiger partial charge in [-0.25, -0.2) is 13.4 Å². The van der Waals surface area contributed by atoms with Gasteiger partial charge in [0.25, 0.3) is 10.0 Å². The zero-order chi connectivity index (χ0) is 15.2. The van der Waals surface area contributed by atoms with Crippen LogP contribution in [0.25, 0.3) is 0 Å². The second kappa shape index (κ2) is 7.67. The van der Waals surface area contributed by atoms with Crippen LogP contribution in [0, 0.1) is 6.92 Å². The fourth-order valence-corrected chi connectivity index (χ4v) is 4.14. The van der Waals surface area contributed by atoms with Crippen molar-refractivity contribution in [2.45, 2.75) is 17.6 Å². The van der Waals surface area contributed by atoms with Crippen molar-refractivity contribution in [2.24, 2.45) is 0 Å². The molecular formula is C11H18N2O5S2. The van der Waals surface area contributed by atoms with Crippen LogP contribution < -0.4 is 0 Å². The van der Waals surface area contributed by atoms with E-state index in [-0.39, 0.29) is 30.3 Å². The van der Waals surface area contributed by atoms with E-state index in [2.05, 4.69) is 9.72 Å². The molecule has 0 radical (unpaired) electrons. The predicted octanol–water partition coefficient (Wildman–Crippen LogP) is 0.652. The zero-order valence-electron chi connectivity index (χ0n) is 11.7. The predicted molar refractivity (Wildman–Crippen MR) is 74.1 cm³/mol. The van der Waals surface area contributed by atoms with Gasteiger partial charge in [-0.05, 0) is 6.92 Å². The molecule has 0 bridgehead atoms. The lowest BCUT2D eigenvalue weighted by Crippen LogP contribution is -2.35. The minimum atomic E-state index is -3.65. The maximum absolute atomic E-state index is 12.4. The fraction of sp³-hybridized carbons (Fsp3) is 0.636. The van der Waals surface area contributed by atoms with E-state index in [1.54, 1.807) is 6.92 Å². The molecule has 20 heavy (non-hydrogen) atoms. The van der Waals surface area contributed by atoms with Gasteiger partial charge >= 0.3 is 5.97 Å². The van der Waals surface area contributed by atoms with Crippen LogP contribution >= 0.6 is 11.3 Å². The Hall–Kier alpha value is -1.03. The minimum Gasteiger partial charge on any atom is -0.469 e. The molecule has 0 aliphatic rings. The van der Waals surface area contributed by atoms with E-state index in [1.165, 1.54) is 24.7 Å². The minimum absolute atomic E-state index is 0.00275. The number of carbonyl (C=O) groups excluding carboxylic acids is 1. The lowest BCUT2D eigenvalue weighted by atomic mass is 10.4. The molecule has 1 aromatic heterocycles. The van der Waals surface area contributed by atoms with Crippen molar-refractivity contribution in [1.82, 2.24) is 9.29 Å². The number of thiazole rings is 1. The van der Waals surface area contributed by atoms with Gasteiger partial charge in [0.1, 0.15) is 0 Å². The van der Waals surface area contributed by atoms with E-state index in [1.807, 2.05) is 0 Å². The summed E-state index contributed by atoms with van der Waals surface area (Å²) >= 11 is 1.10. The summed E-state index contributed by atoms with van der Waals surface area (Å²) in [4.78, 5) is 15.1. The van der Waals surface area contributed by atoms with Crippen molar-refractivity contribution in [3.8, 4) is 0 Å². The molecule has 0 spiro atoms. The smallest absolute Gasteiger partial charge is 0.306 e. The largest absolute Gasteiger partial charge is 0.469 e. The first-order valence-electron chi connectivity index (χ1n) is 5.90. The van der Waals surface area contributed by atoms with Gasteiger partial charge in [0.15, 0.2) is 4.21 Å². The van der Waals surface area contributed by atoms with Crippen LogP contribution in [0.3, 0.4) is 0 Å². The number of aromatic nitrogens is 1. The number of nitrogens with zero attached hydrogens (tertiary/aromatic N) is 2. The molecule has 0 aromatic carbocycles. The molecule has 0 unspecified atom stereocenters. The van der Waals surface area contributed by atoms with E-state index in [0.717, 1.165) is 11.3 Å². The summed E-state index contributed by atoms with van der Waals surface area (Å²) in [5, 5.41) is 0.670. The van der Waals surface area contributed by atoms with Crippen LogP contribution in [0.4, 0.5) is 0 Å². The molecule has 1 heterocycles. The Bertz CT molecular complexity index is 541. The Balaban J connectivity index is 2.88. The maximum Gasteiger partial charge on any atom is 0.306 e. The molecule has 0 aliphatic heterocycles. The molecule has 0 atom stereocenters. The van der Waals surface area contributed by atoms with Gasteiger partial charge in [0.2, 0.25) is 0 Å². The van der Waals surface area contributed by atoms with E-state index in [9.17, 15) is 13.2 Å². The monoisotopic (exact) mass is 322 g/mol. The maximum atomic E-state index is 12.4. The molecule has 1 aromatic rings. The lowest BCUT2D eigenvalue weighted by molar-refractivity contribution is -0.140. The van der Waals surface area contributed by atoms with Crippen LogP contribution in [0.2, 0.25) is 0 Å². The molecule has 0 saturated heterocycles. The molecular weight excluding hydrogens is 304 g/mol. The third kappa shape index (κ3) is 4.51. The number of methoxy groups -OCH3 is 2. The highest BCUT2D eigenvalue weighted by Crippen LogP contribution is 2.22. The van der Waals surface area contributed by atoms with Gasteiger partial charge in [-0.2, -0.15) is 4.31 Å². The van der Waals surface area contributed by atoms with Crippen molar-refractivity contribution < 1.29 is 22.7 Å². The number of rotatable bonds is 8. The number of carbonyl (C=O) groups is 1. The topological polar surface area (TPSA) is 85.8 Å². The summed E-state index contributed by atoms with van der Waals surface area (Å²) in [7, 11) is -0.900. The second-order valence-corrected chi connectivity index (χ2v) is 7.32. The average molecular weight is 322 g/mol. The molecule has 7 nitrogen and oxygen atoms in total. The molecule has 1 rings (SSSR count). The van der Waals surface area contributed by atoms with Gasteiger partial charge < -0.3 is 9.47 Å². The Labute approximate surface area is 122 Å². The number of ether oxygens (including phenoxy) is 2. The molecule has 0 amide bonds. The van der Waals surface area contributed by atoms with Crippen LogP contribution in [0.15, 0.2) is 10.4 Å². The van der Waals surface area contributed by atoms with E-state index in [0.29, 0.717) is 5.01 Å². The Morgan fingerprint density at radius 1 is 1.40 bits per heavy atom. The summed E-state index contributed by atoms with van der Waals surface area (Å²) in [5.74, 6) is -0.455. The van der Waals surface area contributed by atoms with Gasteiger partial charge in [-0.1, -0.05) is 0 Å². The van der Waals surface area contributed by atoms with Crippen molar-refractivity contribution >= 4 is 27.3 Å². The second-order valence-electron chi connectivity index (χ2n) is 3.92.